The molecule has 2 aliphatic rings. The summed E-state index contributed by atoms with van der Waals surface area (Å²) < 4.78 is 0. The van der Waals surface area contributed by atoms with E-state index in [1.807, 2.05) is 24.7 Å². The maximum Gasteiger partial charge on any atom is 0.244 e. The van der Waals surface area contributed by atoms with Gasteiger partial charge in [-0.3, -0.25) is 15.0 Å². The molecule has 0 fully saturated rings. The average Bonchev–Trinajstić information content (AvgIpc) is 3.16. The van der Waals surface area contributed by atoms with Gasteiger partial charge in [0.05, 0.1) is 5.32 Å². The van der Waals surface area contributed by atoms with Gasteiger partial charge in [0, 0.05) is 34.8 Å². The molecule has 0 aliphatic carbocycles. The van der Waals surface area contributed by atoms with Crippen LogP contribution in [-0.4, -0.2) is 29.7 Å². The Kier molecular flexibility index (Phi) is 3.66. The van der Waals surface area contributed by atoms with Crippen LogP contribution in [0.1, 0.15) is 0 Å². The van der Waals surface area contributed by atoms with E-state index < -0.39 is 8.07 Å². The average molecular weight is 423 g/mol. The second-order valence-corrected chi connectivity index (χ2v) is 11.9. The largest absolute Gasteiger partial charge is 0.265 e. The smallest absolute Gasteiger partial charge is 0.244 e. The number of pyridine rings is 3. The fourth-order valence-electron chi connectivity index (χ4n) is 5.79. The van der Waals surface area contributed by atoms with E-state index in [-0.39, 0.29) is 6.71 Å². The molecule has 0 amide bonds. The second-order valence-electron chi connectivity index (χ2n) is 8.42. The van der Waals surface area contributed by atoms with Crippen LogP contribution in [0, 0.1) is 0 Å². The lowest BCUT2D eigenvalue weighted by Gasteiger charge is -2.37. The van der Waals surface area contributed by atoms with E-state index in [4.69, 9.17) is 15.0 Å². The molecule has 32 heavy (non-hydrogen) atoms. The van der Waals surface area contributed by atoms with E-state index in [9.17, 15) is 0 Å². The predicted octanol–water partition coefficient (Wildman–Crippen LogP) is 0.0590. The molecule has 2 aromatic carbocycles. The molecule has 2 aliphatic heterocycles. The SMILES string of the molecule is c1ccc(B2c3cccnc3[Si]3(c4ccccc4-c4cccnc43)c3ncccc32)cc1. The molecule has 5 heteroatoms. The summed E-state index contributed by atoms with van der Waals surface area (Å²) >= 11 is 0. The molecule has 0 saturated carbocycles. The van der Waals surface area contributed by atoms with Gasteiger partial charge in [0.25, 0.3) is 0 Å². The summed E-state index contributed by atoms with van der Waals surface area (Å²) in [6, 6.07) is 32.4. The van der Waals surface area contributed by atoms with E-state index in [1.54, 1.807) is 0 Å². The molecular weight excluding hydrogens is 405 g/mol. The highest BCUT2D eigenvalue weighted by atomic mass is 28.3. The Morgan fingerprint density at radius 3 is 1.78 bits per heavy atom. The van der Waals surface area contributed by atoms with Crippen molar-refractivity contribution in [3.05, 3.63) is 110 Å². The third-order valence-electron chi connectivity index (χ3n) is 6.93. The molecule has 1 spiro atoms. The molecule has 3 aromatic heterocycles. The zero-order valence-corrected chi connectivity index (χ0v) is 18.3. The third kappa shape index (κ3) is 2.13. The van der Waals surface area contributed by atoms with Crippen molar-refractivity contribution in [2.24, 2.45) is 0 Å². The lowest BCUT2D eigenvalue weighted by Crippen LogP contribution is -2.87. The minimum Gasteiger partial charge on any atom is -0.265 e. The summed E-state index contributed by atoms with van der Waals surface area (Å²) in [6.45, 7) is 0.113. The topological polar surface area (TPSA) is 38.7 Å². The van der Waals surface area contributed by atoms with Crippen molar-refractivity contribution in [3.8, 4) is 11.1 Å². The van der Waals surface area contributed by atoms with Crippen LogP contribution in [0.15, 0.2) is 110 Å². The van der Waals surface area contributed by atoms with Crippen LogP contribution in [0.4, 0.5) is 0 Å². The number of rotatable bonds is 1. The Morgan fingerprint density at radius 1 is 0.500 bits per heavy atom. The number of hydrogen-bond donors (Lipinski definition) is 0. The molecule has 3 nitrogen and oxygen atoms in total. The molecule has 0 bridgehead atoms. The van der Waals surface area contributed by atoms with Crippen LogP contribution >= 0.6 is 0 Å². The monoisotopic (exact) mass is 423 g/mol. The second kappa shape index (κ2) is 6.58. The van der Waals surface area contributed by atoms with Gasteiger partial charge in [-0.25, -0.2) is 0 Å². The maximum absolute atomic E-state index is 5.11. The molecule has 0 atom stereocenters. The van der Waals surface area contributed by atoms with E-state index in [0.29, 0.717) is 0 Å². The quantitative estimate of drug-likeness (QED) is 0.351. The van der Waals surface area contributed by atoms with E-state index in [2.05, 4.69) is 84.9 Å². The number of aromatic nitrogens is 3. The number of nitrogens with zero attached hydrogens (tertiary/aromatic N) is 3. The van der Waals surface area contributed by atoms with Gasteiger partial charge in [-0.05, 0) is 28.9 Å². The number of benzene rings is 2. The lowest BCUT2D eigenvalue weighted by molar-refractivity contribution is 1.33. The zero-order chi connectivity index (χ0) is 21.1. The first-order valence-electron chi connectivity index (χ1n) is 10.9. The Hall–Kier alpha value is -3.83. The van der Waals surface area contributed by atoms with Crippen molar-refractivity contribution in [1.82, 2.24) is 15.0 Å². The van der Waals surface area contributed by atoms with Crippen molar-refractivity contribution in [3.63, 3.8) is 0 Å². The lowest BCUT2D eigenvalue weighted by atomic mass is 9.37. The van der Waals surface area contributed by atoms with Crippen LogP contribution < -0.4 is 37.5 Å². The standard InChI is InChI=1S/C27H18BN3Si/c1-2-9-19(10-3-1)28-22-13-7-17-30-26(22)32(27-23(28)14-8-18-31-27)24-15-5-4-11-20(24)21-12-6-16-29-25(21)32/h1-18H. The summed E-state index contributed by atoms with van der Waals surface area (Å²) in [7, 11) is -2.71. The first-order chi connectivity index (χ1) is 15.9. The highest BCUT2D eigenvalue weighted by Gasteiger charge is 2.58. The van der Waals surface area contributed by atoms with Crippen LogP contribution in [0.5, 0.6) is 0 Å². The van der Waals surface area contributed by atoms with Crippen LogP contribution in [0.2, 0.25) is 0 Å². The molecule has 0 N–H and O–H groups in total. The molecule has 5 heterocycles. The first kappa shape index (κ1) is 17.8. The summed E-state index contributed by atoms with van der Waals surface area (Å²) in [5, 5.41) is 4.85. The van der Waals surface area contributed by atoms with E-state index >= 15 is 0 Å². The Bertz CT molecular complexity index is 1410. The molecule has 5 aromatic rings. The van der Waals surface area contributed by atoms with Crippen molar-refractivity contribution < 1.29 is 0 Å². The van der Waals surface area contributed by atoms with Crippen molar-refractivity contribution >= 4 is 52.3 Å². The van der Waals surface area contributed by atoms with Gasteiger partial charge in [-0.2, -0.15) is 0 Å². The summed E-state index contributed by atoms with van der Waals surface area (Å²) in [5.74, 6) is 0. The summed E-state index contributed by atoms with van der Waals surface area (Å²) in [4.78, 5) is 15.2. The minimum atomic E-state index is -2.71. The van der Waals surface area contributed by atoms with Gasteiger partial charge < -0.3 is 0 Å². The highest BCUT2D eigenvalue weighted by Crippen LogP contribution is 2.26. The molecule has 148 valence electrons. The molecule has 7 rings (SSSR count). The Labute approximate surface area is 188 Å². The zero-order valence-electron chi connectivity index (χ0n) is 17.3. The van der Waals surface area contributed by atoms with Crippen molar-refractivity contribution in [2.45, 2.75) is 0 Å². The Balaban J connectivity index is 1.67. The molecule has 0 unspecified atom stereocenters. The number of hydrogen-bond acceptors (Lipinski definition) is 3. The first-order valence-corrected chi connectivity index (χ1v) is 12.9. The predicted molar refractivity (Wildman–Crippen MR) is 134 cm³/mol. The summed E-state index contributed by atoms with van der Waals surface area (Å²) in [6.07, 6.45) is 5.80. The van der Waals surface area contributed by atoms with E-state index in [1.165, 1.54) is 43.3 Å². The molecule has 0 radical (unpaired) electrons. The van der Waals surface area contributed by atoms with Crippen LogP contribution in [-0.2, 0) is 0 Å². The number of fused-ring (bicyclic) bond motifs is 9. The van der Waals surface area contributed by atoms with Crippen molar-refractivity contribution in [1.29, 1.82) is 0 Å². The van der Waals surface area contributed by atoms with Gasteiger partial charge in [0.1, 0.15) is 0 Å². The van der Waals surface area contributed by atoms with Crippen molar-refractivity contribution in [2.75, 3.05) is 0 Å². The van der Waals surface area contributed by atoms with Crippen LogP contribution in [0.3, 0.4) is 0 Å². The van der Waals surface area contributed by atoms with Gasteiger partial charge in [-0.1, -0.05) is 89.2 Å². The fourth-order valence-corrected chi connectivity index (χ4v) is 10.9. The Morgan fingerprint density at radius 2 is 1.06 bits per heavy atom. The fraction of sp³-hybridized carbons (Fsp3) is 0. The van der Waals surface area contributed by atoms with Crippen LogP contribution in [0.25, 0.3) is 11.1 Å². The van der Waals surface area contributed by atoms with Gasteiger partial charge in [0.2, 0.25) is 14.8 Å². The van der Waals surface area contributed by atoms with Gasteiger partial charge >= 0.3 is 0 Å². The van der Waals surface area contributed by atoms with E-state index in [0.717, 1.165) is 5.32 Å². The summed E-state index contributed by atoms with van der Waals surface area (Å²) in [5.41, 5.74) is 6.32. The normalized spacial score (nSPS) is 14.4. The maximum atomic E-state index is 5.11. The van der Waals surface area contributed by atoms with Gasteiger partial charge in [0.15, 0.2) is 0 Å². The third-order valence-corrected chi connectivity index (χ3v) is 11.5. The molecule has 0 saturated heterocycles. The van der Waals surface area contributed by atoms with Gasteiger partial charge in [-0.15, -0.1) is 0 Å². The highest BCUT2D eigenvalue weighted by molar-refractivity contribution is 7.27. The minimum absolute atomic E-state index is 0.113. The molecular formula is C27H18BN3Si.